The molecule has 2 aliphatic rings. The van der Waals surface area contributed by atoms with Crippen LogP contribution in [0, 0.1) is 0 Å². The maximum atomic E-state index is 6.14. The Balaban J connectivity index is 1.77. The predicted molar refractivity (Wildman–Crippen MR) is 62.9 cm³/mol. The molecule has 0 bridgehead atoms. The van der Waals surface area contributed by atoms with Crippen molar-refractivity contribution in [3.8, 4) is 0 Å². The lowest BCUT2D eigenvalue weighted by Crippen LogP contribution is -2.22. The maximum absolute atomic E-state index is 6.14. The van der Waals surface area contributed by atoms with Gasteiger partial charge in [-0.05, 0) is 61.6 Å². The zero-order chi connectivity index (χ0) is 10.3. The molecule has 0 aromatic heterocycles. The quantitative estimate of drug-likeness (QED) is 0.799. The third-order valence-corrected chi connectivity index (χ3v) is 4.03. The van der Waals surface area contributed by atoms with E-state index in [0.717, 1.165) is 0 Å². The highest BCUT2D eigenvalue weighted by atomic mass is 14.8. The van der Waals surface area contributed by atoms with Crippen molar-refractivity contribution in [2.45, 2.75) is 50.5 Å². The van der Waals surface area contributed by atoms with Crippen LogP contribution in [0.3, 0.4) is 0 Å². The van der Waals surface area contributed by atoms with Crippen molar-refractivity contribution in [1.82, 2.24) is 0 Å². The van der Waals surface area contributed by atoms with E-state index in [1.165, 1.54) is 44.9 Å². The van der Waals surface area contributed by atoms with Crippen molar-refractivity contribution in [2.24, 2.45) is 5.73 Å². The summed E-state index contributed by atoms with van der Waals surface area (Å²) in [7, 11) is 0. The van der Waals surface area contributed by atoms with Crippen LogP contribution in [0.1, 0.15) is 42.4 Å². The first-order chi connectivity index (χ1) is 7.27. The Morgan fingerprint density at radius 3 is 2.87 bits per heavy atom. The lowest BCUT2D eigenvalue weighted by atomic mass is 9.97. The molecule has 1 aromatic carbocycles. The number of rotatable bonds is 3. The Morgan fingerprint density at radius 2 is 2.07 bits per heavy atom. The maximum Gasteiger partial charge on any atom is 0.0158 e. The van der Waals surface area contributed by atoms with Gasteiger partial charge in [-0.15, -0.1) is 0 Å². The van der Waals surface area contributed by atoms with Gasteiger partial charge in [-0.3, -0.25) is 0 Å². The standard InChI is InChI=1S/C14H19N/c15-14(9-10-14)8-7-12-4-1-3-11-5-2-6-13(11)12/h1,3-4H,2,5-10,15H2. The summed E-state index contributed by atoms with van der Waals surface area (Å²) in [5.41, 5.74) is 11.2. The van der Waals surface area contributed by atoms with E-state index >= 15 is 0 Å². The van der Waals surface area contributed by atoms with Crippen LogP contribution in [0.5, 0.6) is 0 Å². The van der Waals surface area contributed by atoms with E-state index in [1.807, 2.05) is 0 Å². The SMILES string of the molecule is NC1(CCc2cccc3c2CCC3)CC1. The van der Waals surface area contributed by atoms with Gasteiger partial charge in [0.15, 0.2) is 0 Å². The van der Waals surface area contributed by atoms with E-state index in [0.29, 0.717) is 0 Å². The van der Waals surface area contributed by atoms with Gasteiger partial charge in [0, 0.05) is 5.54 Å². The highest BCUT2D eigenvalue weighted by Gasteiger charge is 2.37. The van der Waals surface area contributed by atoms with E-state index in [9.17, 15) is 0 Å². The molecule has 1 fully saturated rings. The molecule has 0 saturated heterocycles. The normalized spacial score (nSPS) is 21.4. The molecule has 80 valence electrons. The summed E-state index contributed by atoms with van der Waals surface area (Å²) >= 11 is 0. The highest BCUT2D eigenvalue weighted by molar-refractivity contribution is 5.38. The number of fused-ring (bicyclic) bond motifs is 1. The molecule has 0 heterocycles. The number of hydrogen-bond acceptors (Lipinski definition) is 1. The molecule has 0 radical (unpaired) electrons. The van der Waals surface area contributed by atoms with E-state index in [4.69, 9.17) is 5.73 Å². The molecular weight excluding hydrogens is 182 g/mol. The van der Waals surface area contributed by atoms with Crippen molar-refractivity contribution in [3.05, 3.63) is 34.9 Å². The lowest BCUT2D eigenvalue weighted by Gasteiger charge is -2.11. The second kappa shape index (κ2) is 3.34. The molecular formula is C14H19N. The van der Waals surface area contributed by atoms with Gasteiger partial charge in [0.25, 0.3) is 0 Å². The molecule has 2 aliphatic carbocycles. The van der Waals surface area contributed by atoms with Crippen molar-refractivity contribution in [1.29, 1.82) is 0 Å². The largest absolute Gasteiger partial charge is 0.325 e. The van der Waals surface area contributed by atoms with Gasteiger partial charge in [-0.2, -0.15) is 0 Å². The number of benzene rings is 1. The van der Waals surface area contributed by atoms with Crippen molar-refractivity contribution < 1.29 is 0 Å². The minimum Gasteiger partial charge on any atom is -0.325 e. The monoisotopic (exact) mass is 201 g/mol. The second-order valence-corrected chi connectivity index (χ2v) is 5.27. The van der Waals surface area contributed by atoms with Gasteiger partial charge in [0.05, 0.1) is 0 Å². The van der Waals surface area contributed by atoms with Gasteiger partial charge in [-0.1, -0.05) is 18.2 Å². The number of hydrogen-bond donors (Lipinski definition) is 1. The smallest absolute Gasteiger partial charge is 0.0158 e. The van der Waals surface area contributed by atoms with Crippen LogP contribution in [0.25, 0.3) is 0 Å². The lowest BCUT2D eigenvalue weighted by molar-refractivity contribution is 0.607. The van der Waals surface area contributed by atoms with E-state index in [1.54, 1.807) is 16.7 Å². The molecule has 1 saturated carbocycles. The zero-order valence-corrected chi connectivity index (χ0v) is 9.26. The van der Waals surface area contributed by atoms with Gasteiger partial charge in [0.2, 0.25) is 0 Å². The molecule has 2 N–H and O–H groups in total. The summed E-state index contributed by atoms with van der Waals surface area (Å²) in [5, 5.41) is 0. The fourth-order valence-electron chi connectivity index (χ4n) is 2.73. The summed E-state index contributed by atoms with van der Waals surface area (Å²) in [5.74, 6) is 0. The summed E-state index contributed by atoms with van der Waals surface area (Å²) < 4.78 is 0. The van der Waals surface area contributed by atoms with Crippen LogP contribution >= 0.6 is 0 Å². The Kier molecular flexibility index (Phi) is 2.10. The third kappa shape index (κ3) is 1.81. The molecule has 0 atom stereocenters. The number of nitrogens with two attached hydrogens (primary N) is 1. The first-order valence-corrected chi connectivity index (χ1v) is 6.15. The summed E-state index contributed by atoms with van der Waals surface area (Å²) in [4.78, 5) is 0. The van der Waals surface area contributed by atoms with E-state index in [-0.39, 0.29) is 5.54 Å². The van der Waals surface area contributed by atoms with Gasteiger partial charge in [-0.25, -0.2) is 0 Å². The predicted octanol–water partition coefficient (Wildman–Crippen LogP) is 2.60. The summed E-state index contributed by atoms with van der Waals surface area (Å²) in [6.07, 6.45) is 8.79. The van der Waals surface area contributed by atoms with Crippen molar-refractivity contribution in [2.75, 3.05) is 0 Å². The van der Waals surface area contributed by atoms with Crippen LogP contribution in [0.4, 0.5) is 0 Å². The van der Waals surface area contributed by atoms with E-state index < -0.39 is 0 Å². The van der Waals surface area contributed by atoms with Crippen LogP contribution in [0.15, 0.2) is 18.2 Å². The second-order valence-electron chi connectivity index (χ2n) is 5.27. The Hall–Kier alpha value is -0.820. The molecule has 3 rings (SSSR count). The fraction of sp³-hybridized carbons (Fsp3) is 0.571. The molecule has 1 aromatic rings. The first kappa shape index (κ1) is 9.41. The summed E-state index contributed by atoms with van der Waals surface area (Å²) in [6.45, 7) is 0. The fourth-order valence-corrected chi connectivity index (χ4v) is 2.73. The molecule has 0 amide bonds. The van der Waals surface area contributed by atoms with Crippen molar-refractivity contribution in [3.63, 3.8) is 0 Å². The molecule has 15 heavy (non-hydrogen) atoms. The highest BCUT2D eigenvalue weighted by Crippen LogP contribution is 2.37. The van der Waals surface area contributed by atoms with Crippen LogP contribution in [-0.2, 0) is 19.3 Å². The average molecular weight is 201 g/mol. The third-order valence-electron chi connectivity index (χ3n) is 4.03. The average Bonchev–Trinajstić information content (AvgIpc) is 2.80. The Bertz CT molecular complexity index is 377. The first-order valence-electron chi connectivity index (χ1n) is 6.15. The molecule has 1 heteroatoms. The molecule has 0 spiro atoms. The van der Waals surface area contributed by atoms with Gasteiger partial charge >= 0.3 is 0 Å². The molecule has 0 aliphatic heterocycles. The number of aryl methyl sites for hydroxylation is 2. The molecule has 1 nitrogen and oxygen atoms in total. The van der Waals surface area contributed by atoms with Crippen LogP contribution in [0.2, 0.25) is 0 Å². The van der Waals surface area contributed by atoms with Crippen LogP contribution in [-0.4, -0.2) is 5.54 Å². The summed E-state index contributed by atoms with van der Waals surface area (Å²) in [6, 6.07) is 6.81. The minimum atomic E-state index is 0.210. The van der Waals surface area contributed by atoms with Gasteiger partial charge < -0.3 is 5.73 Å². The van der Waals surface area contributed by atoms with Crippen molar-refractivity contribution >= 4 is 0 Å². The topological polar surface area (TPSA) is 26.0 Å². The zero-order valence-electron chi connectivity index (χ0n) is 9.26. The molecule has 0 unspecified atom stereocenters. The minimum absolute atomic E-state index is 0.210. The van der Waals surface area contributed by atoms with E-state index in [2.05, 4.69) is 18.2 Å². The Labute approximate surface area is 91.7 Å². The Morgan fingerprint density at radius 1 is 1.20 bits per heavy atom. The van der Waals surface area contributed by atoms with Crippen LogP contribution < -0.4 is 5.73 Å². The van der Waals surface area contributed by atoms with Gasteiger partial charge in [0.1, 0.15) is 0 Å².